The number of piperidine rings is 1. The Hall–Kier alpha value is -2.78. The van der Waals surface area contributed by atoms with Crippen molar-refractivity contribution >= 4 is 33.2 Å². The van der Waals surface area contributed by atoms with Crippen molar-refractivity contribution in [3.63, 3.8) is 0 Å². The number of hydrogen-bond donors (Lipinski definition) is 1. The van der Waals surface area contributed by atoms with Crippen molar-refractivity contribution in [2.24, 2.45) is 0 Å². The Bertz CT molecular complexity index is 1290. The molecule has 0 unspecified atom stereocenters. The lowest BCUT2D eigenvalue weighted by Gasteiger charge is -2.34. The van der Waals surface area contributed by atoms with Crippen LogP contribution in [0.4, 0.5) is 0 Å². The first kappa shape index (κ1) is 21.1. The summed E-state index contributed by atoms with van der Waals surface area (Å²) in [5.74, 6) is 0.305. The smallest absolute Gasteiger partial charge is 0.282 e. The van der Waals surface area contributed by atoms with E-state index in [1.807, 2.05) is 22.5 Å². The van der Waals surface area contributed by atoms with Gasteiger partial charge in [-0.3, -0.25) is 4.79 Å². The summed E-state index contributed by atoms with van der Waals surface area (Å²) in [6, 6.07) is 2.68. The zero-order valence-electron chi connectivity index (χ0n) is 19.2. The van der Waals surface area contributed by atoms with Crippen LogP contribution in [-0.4, -0.2) is 73.5 Å². The van der Waals surface area contributed by atoms with Crippen LogP contribution >= 0.6 is 11.3 Å². The van der Waals surface area contributed by atoms with Gasteiger partial charge in [0.15, 0.2) is 10.7 Å². The molecular weight excluding hydrogens is 422 g/mol. The van der Waals surface area contributed by atoms with E-state index >= 15 is 0 Å². The third-order valence-electron chi connectivity index (χ3n) is 6.48. The van der Waals surface area contributed by atoms with Crippen LogP contribution in [0.2, 0.25) is 0 Å². The lowest BCUT2D eigenvalue weighted by molar-refractivity contribution is 0.0663. The fourth-order valence-electron chi connectivity index (χ4n) is 4.72. The molecule has 1 N–H and O–H groups in total. The maximum atomic E-state index is 13.2. The van der Waals surface area contributed by atoms with Gasteiger partial charge >= 0.3 is 0 Å². The molecule has 1 saturated heterocycles. The summed E-state index contributed by atoms with van der Waals surface area (Å²) in [5.41, 5.74) is 6.06. The molecule has 0 atom stereocenters. The lowest BCUT2D eigenvalue weighted by atomic mass is 9.99. The van der Waals surface area contributed by atoms with Gasteiger partial charge in [0.05, 0.1) is 5.69 Å². The summed E-state index contributed by atoms with van der Waals surface area (Å²) in [6.07, 6.45) is 5.59. The molecule has 0 bridgehead atoms. The maximum Gasteiger partial charge on any atom is 0.282 e. The first-order chi connectivity index (χ1) is 15.3. The largest absolute Gasteiger partial charge is 0.345 e. The average molecular weight is 452 g/mol. The number of carbonyl (C=O) groups excluding carboxylic acids is 1. The molecule has 32 heavy (non-hydrogen) atoms. The molecule has 0 aromatic carbocycles. The number of nitrogens with one attached hydrogen (secondary N) is 1. The van der Waals surface area contributed by atoms with Crippen LogP contribution in [0.3, 0.4) is 0 Å². The number of nitrogens with zero attached hydrogens (tertiary/aromatic N) is 6. The van der Waals surface area contributed by atoms with Crippen molar-refractivity contribution in [3.8, 4) is 11.3 Å². The fourth-order valence-corrected chi connectivity index (χ4v) is 5.67. The number of pyridine rings is 1. The topological polar surface area (TPSA) is 82.4 Å². The van der Waals surface area contributed by atoms with Crippen molar-refractivity contribution in [2.45, 2.75) is 45.6 Å². The predicted molar refractivity (Wildman–Crippen MR) is 127 cm³/mol. The van der Waals surface area contributed by atoms with Gasteiger partial charge in [-0.25, -0.2) is 14.5 Å². The number of carbonyl (C=O) groups is 1. The molecule has 0 aliphatic carbocycles. The van der Waals surface area contributed by atoms with Crippen LogP contribution in [0.5, 0.6) is 0 Å². The minimum absolute atomic E-state index is 0.0490. The van der Waals surface area contributed by atoms with E-state index < -0.39 is 0 Å². The zero-order valence-corrected chi connectivity index (χ0v) is 20.0. The Kier molecular flexibility index (Phi) is 5.25. The third-order valence-corrected chi connectivity index (χ3v) is 7.44. The molecule has 0 radical (unpaired) electrons. The highest BCUT2D eigenvalue weighted by atomic mass is 32.1. The van der Waals surface area contributed by atoms with Crippen molar-refractivity contribution < 1.29 is 4.79 Å². The van der Waals surface area contributed by atoms with Gasteiger partial charge in [0.2, 0.25) is 0 Å². The van der Waals surface area contributed by atoms with E-state index in [0.29, 0.717) is 11.0 Å². The standard InChI is InChI=1S/C23H29N7OS/c1-13(2)17-18(15-10-14(3)20-24-12-25-30(20)11-15)26-21-19(17)27-22(32-21)23(31)29-8-6-16(7-9-29)28(4)5/h10-13,16,26H,6-9H2,1-5H3. The number of fused-ring (bicyclic) bond motifs is 2. The molecule has 8 nitrogen and oxygen atoms in total. The van der Waals surface area contributed by atoms with Gasteiger partial charge in [-0.2, -0.15) is 5.10 Å². The molecule has 1 aliphatic heterocycles. The lowest BCUT2D eigenvalue weighted by Crippen LogP contribution is -2.44. The Labute approximate surface area is 191 Å². The molecule has 1 fully saturated rings. The molecule has 4 aromatic heterocycles. The minimum Gasteiger partial charge on any atom is -0.345 e. The molecule has 0 spiro atoms. The number of aryl methyl sites for hydroxylation is 1. The van der Waals surface area contributed by atoms with E-state index in [2.05, 4.69) is 54.0 Å². The molecule has 5 rings (SSSR count). The Morgan fingerprint density at radius 3 is 2.72 bits per heavy atom. The average Bonchev–Trinajstić information content (AvgIpc) is 3.47. The van der Waals surface area contributed by atoms with Crippen LogP contribution in [0.15, 0.2) is 18.6 Å². The maximum absolute atomic E-state index is 13.2. The summed E-state index contributed by atoms with van der Waals surface area (Å²) in [6.45, 7) is 7.95. The van der Waals surface area contributed by atoms with Gasteiger partial charge in [-0.15, -0.1) is 0 Å². The number of likely N-dealkylation sites (tertiary alicyclic amines) is 1. The second kappa shape index (κ2) is 7.97. The summed E-state index contributed by atoms with van der Waals surface area (Å²) < 4.78 is 1.81. The van der Waals surface area contributed by atoms with Crippen LogP contribution in [-0.2, 0) is 0 Å². The number of aromatic amines is 1. The number of rotatable bonds is 4. The number of thiazole rings is 1. The van der Waals surface area contributed by atoms with Gasteiger partial charge in [-0.05, 0) is 51.4 Å². The highest BCUT2D eigenvalue weighted by Gasteiger charge is 2.28. The molecule has 0 saturated carbocycles. The van der Waals surface area contributed by atoms with Gasteiger partial charge in [-0.1, -0.05) is 25.2 Å². The molecule has 1 amide bonds. The van der Waals surface area contributed by atoms with Gasteiger partial charge in [0, 0.05) is 36.5 Å². The molecule has 1 aliphatic rings. The van der Waals surface area contributed by atoms with Crippen molar-refractivity contribution in [1.82, 2.24) is 34.4 Å². The van der Waals surface area contributed by atoms with E-state index in [0.717, 1.165) is 64.3 Å². The van der Waals surface area contributed by atoms with E-state index in [1.165, 1.54) is 11.3 Å². The second-order valence-electron chi connectivity index (χ2n) is 9.19. The van der Waals surface area contributed by atoms with Crippen LogP contribution in [0.25, 0.3) is 27.3 Å². The SMILES string of the molecule is Cc1cc(-c2[nH]c3sc(C(=O)N4CCC(N(C)C)CC4)nc3c2C(C)C)cn2ncnc12. The highest BCUT2D eigenvalue weighted by Crippen LogP contribution is 2.38. The monoisotopic (exact) mass is 451 g/mol. The van der Waals surface area contributed by atoms with Crippen molar-refractivity contribution in [3.05, 3.63) is 34.7 Å². The van der Waals surface area contributed by atoms with E-state index in [4.69, 9.17) is 4.98 Å². The number of hydrogen-bond acceptors (Lipinski definition) is 6. The second-order valence-corrected chi connectivity index (χ2v) is 10.2. The van der Waals surface area contributed by atoms with Crippen LogP contribution < -0.4 is 0 Å². The number of aromatic nitrogens is 5. The highest BCUT2D eigenvalue weighted by molar-refractivity contribution is 7.20. The minimum atomic E-state index is 0.0490. The van der Waals surface area contributed by atoms with Crippen LogP contribution in [0.1, 0.15) is 53.5 Å². The third kappa shape index (κ3) is 3.49. The molecular formula is C23H29N7OS. The van der Waals surface area contributed by atoms with Gasteiger partial charge in [0.1, 0.15) is 16.7 Å². The van der Waals surface area contributed by atoms with E-state index in [1.54, 1.807) is 6.33 Å². The molecule has 5 heterocycles. The summed E-state index contributed by atoms with van der Waals surface area (Å²) >= 11 is 1.46. The Morgan fingerprint density at radius 1 is 1.28 bits per heavy atom. The Balaban J connectivity index is 1.49. The molecule has 9 heteroatoms. The summed E-state index contributed by atoms with van der Waals surface area (Å²) in [4.78, 5) is 31.0. The normalized spacial score (nSPS) is 15.7. The van der Waals surface area contributed by atoms with Crippen molar-refractivity contribution in [2.75, 3.05) is 27.2 Å². The van der Waals surface area contributed by atoms with E-state index in [9.17, 15) is 4.79 Å². The summed E-state index contributed by atoms with van der Waals surface area (Å²) in [7, 11) is 4.22. The van der Waals surface area contributed by atoms with Crippen LogP contribution in [0, 0.1) is 6.92 Å². The summed E-state index contributed by atoms with van der Waals surface area (Å²) in [5, 5.41) is 4.89. The van der Waals surface area contributed by atoms with Crippen molar-refractivity contribution in [1.29, 1.82) is 0 Å². The zero-order chi connectivity index (χ0) is 22.6. The molecule has 4 aromatic rings. The number of amides is 1. The Morgan fingerprint density at radius 2 is 2.03 bits per heavy atom. The van der Waals surface area contributed by atoms with Gasteiger partial charge in [0.25, 0.3) is 5.91 Å². The fraction of sp³-hybridized carbons (Fsp3) is 0.478. The molecule has 168 valence electrons. The van der Waals surface area contributed by atoms with E-state index in [-0.39, 0.29) is 11.8 Å². The number of H-pyrrole nitrogens is 1. The first-order valence-corrected chi connectivity index (χ1v) is 11.9. The predicted octanol–water partition coefficient (Wildman–Crippen LogP) is 3.93. The first-order valence-electron chi connectivity index (χ1n) is 11.1. The van der Waals surface area contributed by atoms with Gasteiger partial charge < -0.3 is 14.8 Å². The quantitative estimate of drug-likeness (QED) is 0.508.